The topological polar surface area (TPSA) is 46.9 Å². The minimum atomic E-state index is -2.72. The molecular weight excluding hydrogens is 312 g/mol. The van der Waals surface area contributed by atoms with Crippen LogP contribution in [0, 0.1) is 5.92 Å². The van der Waals surface area contributed by atoms with Crippen molar-refractivity contribution in [3.05, 3.63) is 53.3 Å². The summed E-state index contributed by atoms with van der Waals surface area (Å²) >= 11 is 0. The second-order valence-electron chi connectivity index (χ2n) is 6.33. The molecule has 6 heteroatoms. The summed E-state index contributed by atoms with van der Waals surface area (Å²) in [6.07, 6.45) is 2.35. The molecule has 1 aliphatic rings. The van der Waals surface area contributed by atoms with Crippen LogP contribution in [0.2, 0.25) is 0 Å². The van der Waals surface area contributed by atoms with Gasteiger partial charge in [0, 0.05) is 13.1 Å². The third-order valence-corrected chi connectivity index (χ3v) is 4.75. The molecular formula is C18H21F2N3O. The Bertz CT molecular complexity index is 700. The van der Waals surface area contributed by atoms with Crippen molar-refractivity contribution in [2.75, 3.05) is 0 Å². The smallest absolute Gasteiger partial charge is 0.280 e. The largest absolute Gasteiger partial charge is 0.349 e. The number of carbonyl (C=O) groups excluding carboxylic acids is 1. The van der Waals surface area contributed by atoms with E-state index in [1.165, 1.54) is 18.8 Å². The molecule has 0 aliphatic heterocycles. The molecule has 0 spiro atoms. The third kappa shape index (κ3) is 3.47. The lowest BCUT2D eigenvalue weighted by atomic mass is 9.94. The van der Waals surface area contributed by atoms with Crippen LogP contribution in [0.25, 0.3) is 0 Å². The van der Waals surface area contributed by atoms with Crippen molar-refractivity contribution in [1.29, 1.82) is 0 Å². The van der Waals surface area contributed by atoms with Gasteiger partial charge in [-0.1, -0.05) is 36.8 Å². The Balaban J connectivity index is 1.69. The van der Waals surface area contributed by atoms with Crippen molar-refractivity contribution in [3.63, 3.8) is 0 Å². The van der Waals surface area contributed by atoms with Crippen LogP contribution in [-0.2, 0) is 13.5 Å². The predicted molar refractivity (Wildman–Crippen MR) is 86.9 cm³/mol. The number of nitrogens with zero attached hydrogens (tertiary/aromatic N) is 2. The Labute approximate surface area is 139 Å². The second-order valence-corrected chi connectivity index (χ2v) is 6.33. The molecule has 24 heavy (non-hydrogen) atoms. The quantitative estimate of drug-likeness (QED) is 0.910. The molecule has 2 atom stereocenters. The Morgan fingerprint density at radius 2 is 2.08 bits per heavy atom. The number of aromatic nitrogens is 2. The number of nitrogens with one attached hydrogen (secondary N) is 1. The van der Waals surface area contributed by atoms with Crippen molar-refractivity contribution in [2.24, 2.45) is 13.0 Å². The Morgan fingerprint density at radius 1 is 1.33 bits per heavy atom. The van der Waals surface area contributed by atoms with Crippen molar-refractivity contribution in [1.82, 2.24) is 15.1 Å². The number of alkyl halides is 2. The van der Waals surface area contributed by atoms with Gasteiger partial charge in [0.2, 0.25) is 0 Å². The molecule has 1 saturated carbocycles. The van der Waals surface area contributed by atoms with Gasteiger partial charge in [-0.2, -0.15) is 5.10 Å². The van der Waals surface area contributed by atoms with Crippen LogP contribution < -0.4 is 5.32 Å². The van der Waals surface area contributed by atoms with Gasteiger partial charge in [0.15, 0.2) is 0 Å². The van der Waals surface area contributed by atoms with Crippen molar-refractivity contribution < 1.29 is 13.6 Å². The number of hydrogen-bond acceptors (Lipinski definition) is 2. The standard InChI is InChI=1S/C18H21F2N3O/c1-23-16(17(19)20)14(11-21-23)18(24)22-15-9-5-8-13(15)10-12-6-3-2-4-7-12/h2-4,6-7,11,13,15,17H,5,8-10H2,1H3,(H,22,24)/t13-,15+/m0/s1. The lowest BCUT2D eigenvalue weighted by molar-refractivity contribution is 0.0911. The summed E-state index contributed by atoms with van der Waals surface area (Å²) < 4.78 is 27.3. The molecule has 0 unspecified atom stereocenters. The Morgan fingerprint density at radius 3 is 2.79 bits per heavy atom. The van der Waals surface area contributed by atoms with Crippen LogP contribution in [0.1, 0.15) is 47.3 Å². The van der Waals surface area contributed by atoms with E-state index in [4.69, 9.17) is 0 Å². The lowest BCUT2D eigenvalue weighted by Crippen LogP contribution is -2.38. The maximum absolute atomic E-state index is 13.1. The van der Waals surface area contributed by atoms with Gasteiger partial charge in [-0.3, -0.25) is 9.48 Å². The first-order valence-electron chi connectivity index (χ1n) is 8.21. The summed E-state index contributed by atoms with van der Waals surface area (Å²) in [5.41, 5.74) is 0.876. The molecule has 1 aliphatic carbocycles. The van der Waals surface area contributed by atoms with E-state index >= 15 is 0 Å². The summed E-state index contributed by atoms with van der Waals surface area (Å²) in [5.74, 6) is -0.119. The summed E-state index contributed by atoms with van der Waals surface area (Å²) in [4.78, 5) is 12.4. The molecule has 1 aromatic heterocycles. The van der Waals surface area contributed by atoms with Crippen molar-refractivity contribution in [3.8, 4) is 0 Å². The highest BCUT2D eigenvalue weighted by atomic mass is 19.3. The normalized spacial score (nSPS) is 20.5. The zero-order valence-electron chi connectivity index (χ0n) is 13.6. The van der Waals surface area contributed by atoms with Crippen molar-refractivity contribution >= 4 is 5.91 Å². The van der Waals surface area contributed by atoms with E-state index in [1.54, 1.807) is 0 Å². The van der Waals surface area contributed by atoms with Crippen molar-refractivity contribution in [2.45, 2.75) is 38.2 Å². The van der Waals surface area contributed by atoms with Gasteiger partial charge in [-0.25, -0.2) is 8.78 Å². The highest BCUT2D eigenvalue weighted by Crippen LogP contribution is 2.30. The molecule has 1 amide bonds. The molecule has 1 N–H and O–H groups in total. The average molecular weight is 333 g/mol. The SMILES string of the molecule is Cn1ncc(C(=O)N[C@@H]2CCC[C@H]2Cc2ccccc2)c1C(F)F. The number of amides is 1. The molecule has 1 aromatic carbocycles. The average Bonchev–Trinajstić information content (AvgIpc) is 3.15. The van der Waals surface area contributed by atoms with Crippen LogP contribution in [0.4, 0.5) is 8.78 Å². The highest BCUT2D eigenvalue weighted by molar-refractivity contribution is 5.95. The van der Waals surface area contributed by atoms with E-state index in [1.807, 2.05) is 18.2 Å². The van der Waals surface area contributed by atoms with Gasteiger partial charge in [0.05, 0.1) is 11.8 Å². The lowest BCUT2D eigenvalue weighted by Gasteiger charge is -2.21. The second kappa shape index (κ2) is 7.11. The fourth-order valence-electron chi connectivity index (χ4n) is 3.51. The van der Waals surface area contributed by atoms with Crippen LogP contribution in [0.5, 0.6) is 0 Å². The van der Waals surface area contributed by atoms with Crippen LogP contribution in [0.15, 0.2) is 36.5 Å². The molecule has 2 aromatic rings. The van der Waals surface area contributed by atoms with E-state index < -0.39 is 12.3 Å². The van der Waals surface area contributed by atoms with Crippen LogP contribution in [-0.4, -0.2) is 21.7 Å². The van der Waals surface area contributed by atoms with E-state index in [0.29, 0.717) is 5.92 Å². The fraction of sp³-hybridized carbons (Fsp3) is 0.444. The molecule has 4 nitrogen and oxygen atoms in total. The minimum Gasteiger partial charge on any atom is -0.349 e. The molecule has 1 fully saturated rings. The minimum absolute atomic E-state index is 0.0171. The number of hydrogen-bond donors (Lipinski definition) is 1. The first-order chi connectivity index (χ1) is 11.6. The Kier molecular flexibility index (Phi) is 4.92. The molecule has 0 radical (unpaired) electrons. The summed E-state index contributed by atoms with van der Waals surface area (Å²) in [7, 11) is 1.42. The number of aryl methyl sites for hydroxylation is 1. The van der Waals surface area contributed by atoms with E-state index in [-0.39, 0.29) is 17.3 Å². The predicted octanol–water partition coefficient (Wildman–Crippen LogP) is 3.50. The maximum Gasteiger partial charge on any atom is 0.280 e. The molecule has 1 heterocycles. The zero-order chi connectivity index (χ0) is 17.1. The Hall–Kier alpha value is -2.24. The number of carbonyl (C=O) groups is 1. The fourth-order valence-corrected chi connectivity index (χ4v) is 3.51. The number of halogens is 2. The maximum atomic E-state index is 13.1. The first-order valence-corrected chi connectivity index (χ1v) is 8.21. The zero-order valence-corrected chi connectivity index (χ0v) is 13.6. The molecule has 3 rings (SSSR count). The molecule has 128 valence electrons. The highest BCUT2D eigenvalue weighted by Gasteiger charge is 2.31. The third-order valence-electron chi connectivity index (χ3n) is 4.75. The van der Waals surface area contributed by atoms with Crippen LogP contribution in [0.3, 0.4) is 0 Å². The van der Waals surface area contributed by atoms with Crippen LogP contribution >= 0.6 is 0 Å². The van der Waals surface area contributed by atoms with Gasteiger partial charge in [-0.05, 0) is 30.7 Å². The molecule has 0 saturated heterocycles. The van der Waals surface area contributed by atoms with Gasteiger partial charge in [-0.15, -0.1) is 0 Å². The number of benzene rings is 1. The monoisotopic (exact) mass is 333 g/mol. The van der Waals surface area contributed by atoms with Gasteiger partial charge in [0.25, 0.3) is 12.3 Å². The van der Waals surface area contributed by atoms with Gasteiger partial charge < -0.3 is 5.32 Å². The molecule has 0 bridgehead atoms. The van der Waals surface area contributed by atoms with Gasteiger partial charge in [0.1, 0.15) is 5.69 Å². The summed E-state index contributed by atoms with van der Waals surface area (Å²) in [6.45, 7) is 0. The number of rotatable bonds is 5. The van der Waals surface area contributed by atoms with E-state index in [0.717, 1.165) is 30.4 Å². The van der Waals surface area contributed by atoms with E-state index in [9.17, 15) is 13.6 Å². The summed E-state index contributed by atoms with van der Waals surface area (Å²) in [6, 6.07) is 10.2. The first kappa shape index (κ1) is 16.6. The van der Waals surface area contributed by atoms with E-state index in [2.05, 4.69) is 22.5 Å². The van der Waals surface area contributed by atoms with Gasteiger partial charge >= 0.3 is 0 Å². The summed E-state index contributed by atoms with van der Waals surface area (Å²) in [5, 5.41) is 6.74.